The van der Waals surface area contributed by atoms with Gasteiger partial charge in [-0.05, 0) is 43.5 Å². The summed E-state index contributed by atoms with van der Waals surface area (Å²) in [6, 6.07) is 6.07. The third kappa shape index (κ3) is 3.71. The van der Waals surface area contributed by atoms with E-state index in [0.717, 1.165) is 33.7 Å². The molecule has 1 aliphatic heterocycles. The van der Waals surface area contributed by atoms with Gasteiger partial charge in [-0.1, -0.05) is 15.9 Å². The van der Waals surface area contributed by atoms with E-state index in [2.05, 4.69) is 22.0 Å². The highest BCUT2D eigenvalue weighted by Gasteiger charge is 2.17. The molecule has 94 valence electrons. The SMILES string of the molecule is CC(O)c1cc(Br)ccc1SCC1CCCO1. The smallest absolute Gasteiger partial charge is 0.0773 e. The Bertz CT molecular complexity index is 376. The van der Waals surface area contributed by atoms with Crippen molar-refractivity contribution in [2.45, 2.75) is 36.9 Å². The Morgan fingerprint density at radius 1 is 1.59 bits per heavy atom. The summed E-state index contributed by atoms with van der Waals surface area (Å²) in [5, 5.41) is 9.76. The van der Waals surface area contributed by atoms with Crippen LogP contribution in [-0.4, -0.2) is 23.6 Å². The van der Waals surface area contributed by atoms with E-state index in [1.165, 1.54) is 6.42 Å². The fraction of sp³-hybridized carbons (Fsp3) is 0.538. The maximum absolute atomic E-state index is 9.76. The Morgan fingerprint density at radius 2 is 2.41 bits per heavy atom. The van der Waals surface area contributed by atoms with Gasteiger partial charge in [0.15, 0.2) is 0 Å². The average Bonchev–Trinajstić information content (AvgIpc) is 2.80. The summed E-state index contributed by atoms with van der Waals surface area (Å²) in [6.07, 6.45) is 2.28. The van der Waals surface area contributed by atoms with E-state index >= 15 is 0 Å². The molecule has 0 aliphatic carbocycles. The molecule has 2 rings (SSSR count). The predicted molar refractivity (Wildman–Crippen MR) is 74.5 cm³/mol. The molecular formula is C13H17BrO2S. The van der Waals surface area contributed by atoms with Crippen LogP contribution < -0.4 is 0 Å². The summed E-state index contributed by atoms with van der Waals surface area (Å²) in [6.45, 7) is 2.70. The Balaban J connectivity index is 2.03. The topological polar surface area (TPSA) is 29.5 Å². The van der Waals surface area contributed by atoms with Gasteiger partial charge in [0.1, 0.15) is 0 Å². The average molecular weight is 317 g/mol. The van der Waals surface area contributed by atoms with Crippen molar-refractivity contribution in [2.75, 3.05) is 12.4 Å². The van der Waals surface area contributed by atoms with E-state index in [1.54, 1.807) is 18.7 Å². The Morgan fingerprint density at radius 3 is 3.06 bits per heavy atom. The molecule has 2 nitrogen and oxygen atoms in total. The minimum absolute atomic E-state index is 0.380. The quantitative estimate of drug-likeness (QED) is 0.857. The lowest BCUT2D eigenvalue weighted by molar-refractivity contribution is 0.129. The molecule has 1 saturated heterocycles. The van der Waals surface area contributed by atoms with Crippen LogP contribution in [0.1, 0.15) is 31.4 Å². The molecule has 2 unspecified atom stereocenters. The molecule has 1 aromatic carbocycles. The lowest BCUT2D eigenvalue weighted by atomic mass is 10.1. The highest BCUT2D eigenvalue weighted by molar-refractivity contribution is 9.10. The third-order valence-corrected chi connectivity index (χ3v) is 4.59. The van der Waals surface area contributed by atoms with E-state index in [0.29, 0.717) is 6.10 Å². The second-order valence-electron chi connectivity index (χ2n) is 4.30. The summed E-state index contributed by atoms with van der Waals surface area (Å²) in [7, 11) is 0. The first-order valence-electron chi connectivity index (χ1n) is 5.88. The number of rotatable bonds is 4. The van der Waals surface area contributed by atoms with Crippen molar-refractivity contribution in [3.63, 3.8) is 0 Å². The van der Waals surface area contributed by atoms with Gasteiger partial charge in [-0.25, -0.2) is 0 Å². The molecule has 0 saturated carbocycles. The first-order valence-corrected chi connectivity index (χ1v) is 7.66. The zero-order chi connectivity index (χ0) is 12.3. The first-order chi connectivity index (χ1) is 8.16. The molecule has 17 heavy (non-hydrogen) atoms. The maximum atomic E-state index is 9.76. The molecule has 0 amide bonds. The van der Waals surface area contributed by atoms with Crippen molar-refractivity contribution in [1.82, 2.24) is 0 Å². The van der Waals surface area contributed by atoms with Crippen LogP contribution >= 0.6 is 27.7 Å². The normalized spacial score (nSPS) is 21.7. The monoisotopic (exact) mass is 316 g/mol. The lowest BCUT2D eigenvalue weighted by Crippen LogP contribution is -2.08. The van der Waals surface area contributed by atoms with Gasteiger partial charge in [0.05, 0.1) is 12.2 Å². The number of hydrogen-bond acceptors (Lipinski definition) is 3. The zero-order valence-electron chi connectivity index (χ0n) is 9.86. The number of ether oxygens (including phenoxy) is 1. The van der Waals surface area contributed by atoms with Crippen molar-refractivity contribution in [3.05, 3.63) is 28.2 Å². The molecule has 0 spiro atoms. The molecule has 1 N–H and O–H groups in total. The predicted octanol–water partition coefficient (Wildman–Crippen LogP) is 3.77. The summed E-state index contributed by atoms with van der Waals surface area (Å²) in [4.78, 5) is 1.15. The van der Waals surface area contributed by atoms with Crippen LogP contribution in [0, 0.1) is 0 Å². The molecule has 0 radical (unpaired) electrons. The second kappa shape index (κ2) is 6.23. The number of benzene rings is 1. The van der Waals surface area contributed by atoms with Gasteiger partial charge >= 0.3 is 0 Å². The van der Waals surface area contributed by atoms with E-state index < -0.39 is 6.10 Å². The first kappa shape index (κ1) is 13.4. The van der Waals surface area contributed by atoms with Gasteiger partial charge in [0, 0.05) is 21.7 Å². The summed E-state index contributed by atoms with van der Waals surface area (Å²) in [5.41, 5.74) is 0.988. The minimum atomic E-state index is -0.431. The standard InChI is InChI=1S/C13H17BrO2S/c1-9(15)12-7-10(14)4-5-13(12)17-8-11-3-2-6-16-11/h4-5,7,9,11,15H,2-3,6,8H2,1H3. The number of halogens is 1. The van der Waals surface area contributed by atoms with Gasteiger partial charge < -0.3 is 9.84 Å². The van der Waals surface area contributed by atoms with E-state index in [9.17, 15) is 5.11 Å². The fourth-order valence-corrected chi connectivity index (χ4v) is 3.50. The summed E-state index contributed by atoms with van der Waals surface area (Å²) in [5.74, 6) is 0.974. The lowest BCUT2D eigenvalue weighted by Gasteiger charge is -2.14. The van der Waals surface area contributed by atoms with Crippen LogP contribution in [0.2, 0.25) is 0 Å². The molecule has 1 aromatic rings. The van der Waals surface area contributed by atoms with Crippen LogP contribution in [0.15, 0.2) is 27.6 Å². The van der Waals surface area contributed by atoms with Gasteiger partial charge in [0.2, 0.25) is 0 Å². The molecule has 2 atom stereocenters. The molecule has 1 heterocycles. The van der Waals surface area contributed by atoms with E-state index in [4.69, 9.17) is 4.74 Å². The van der Waals surface area contributed by atoms with Gasteiger partial charge in [-0.2, -0.15) is 0 Å². The molecule has 1 fully saturated rings. The van der Waals surface area contributed by atoms with Gasteiger partial charge in [-0.15, -0.1) is 11.8 Å². The number of thioether (sulfide) groups is 1. The molecule has 0 aromatic heterocycles. The zero-order valence-corrected chi connectivity index (χ0v) is 12.3. The summed E-state index contributed by atoms with van der Waals surface area (Å²) >= 11 is 5.21. The van der Waals surface area contributed by atoms with Crippen molar-refractivity contribution >= 4 is 27.7 Å². The van der Waals surface area contributed by atoms with Crippen molar-refractivity contribution in [1.29, 1.82) is 0 Å². The van der Waals surface area contributed by atoms with Gasteiger partial charge in [0.25, 0.3) is 0 Å². The fourth-order valence-electron chi connectivity index (χ4n) is 1.94. The van der Waals surface area contributed by atoms with Crippen LogP contribution in [0.3, 0.4) is 0 Å². The van der Waals surface area contributed by atoms with Crippen molar-refractivity contribution in [2.24, 2.45) is 0 Å². The largest absolute Gasteiger partial charge is 0.389 e. The van der Waals surface area contributed by atoms with Crippen LogP contribution in [0.25, 0.3) is 0 Å². The Labute approximate surface area is 115 Å². The molecular weight excluding hydrogens is 300 g/mol. The maximum Gasteiger partial charge on any atom is 0.0773 e. The second-order valence-corrected chi connectivity index (χ2v) is 6.28. The van der Waals surface area contributed by atoms with Crippen LogP contribution in [0.5, 0.6) is 0 Å². The number of aliphatic hydroxyl groups is 1. The van der Waals surface area contributed by atoms with E-state index in [-0.39, 0.29) is 0 Å². The van der Waals surface area contributed by atoms with Crippen LogP contribution in [0.4, 0.5) is 0 Å². The molecule has 0 bridgehead atoms. The molecule has 1 aliphatic rings. The third-order valence-electron chi connectivity index (χ3n) is 2.87. The van der Waals surface area contributed by atoms with Crippen LogP contribution in [-0.2, 0) is 4.74 Å². The highest BCUT2D eigenvalue weighted by Crippen LogP contribution is 2.32. The highest BCUT2D eigenvalue weighted by atomic mass is 79.9. The number of hydrogen-bond donors (Lipinski definition) is 1. The van der Waals surface area contributed by atoms with Crippen molar-refractivity contribution in [3.8, 4) is 0 Å². The number of aliphatic hydroxyl groups excluding tert-OH is 1. The summed E-state index contributed by atoms with van der Waals surface area (Å²) < 4.78 is 6.62. The van der Waals surface area contributed by atoms with E-state index in [1.807, 2.05) is 12.1 Å². The Kier molecular flexibility index (Phi) is 4.91. The Hall–Kier alpha value is -0.0300. The van der Waals surface area contributed by atoms with Crippen molar-refractivity contribution < 1.29 is 9.84 Å². The molecule has 4 heteroatoms. The minimum Gasteiger partial charge on any atom is -0.389 e. The van der Waals surface area contributed by atoms with Gasteiger partial charge in [-0.3, -0.25) is 0 Å².